The van der Waals surface area contributed by atoms with Crippen LogP contribution < -0.4 is 10.9 Å². The molecule has 6 nitrogen and oxygen atoms in total. The molecule has 0 spiro atoms. The minimum Gasteiger partial charge on any atom is -0.324 e. The van der Waals surface area contributed by atoms with E-state index < -0.39 is 10.8 Å². The SMILES string of the molecule is CCc1nc(SC(C)C(=O)Nc2ccccc2Cl)[nH]c(=O)c1C#N. The van der Waals surface area contributed by atoms with E-state index in [2.05, 4.69) is 15.3 Å². The topological polar surface area (TPSA) is 98.6 Å². The Morgan fingerprint density at radius 1 is 1.50 bits per heavy atom. The van der Waals surface area contributed by atoms with Gasteiger partial charge in [-0.25, -0.2) is 4.98 Å². The van der Waals surface area contributed by atoms with E-state index in [1.807, 2.05) is 13.0 Å². The second kappa shape index (κ2) is 7.99. The molecule has 0 aliphatic carbocycles. The highest BCUT2D eigenvalue weighted by molar-refractivity contribution is 8.00. The van der Waals surface area contributed by atoms with E-state index in [0.29, 0.717) is 28.0 Å². The molecule has 0 aliphatic heterocycles. The Morgan fingerprint density at radius 3 is 2.83 bits per heavy atom. The summed E-state index contributed by atoms with van der Waals surface area (Å²) in [7, 11) is 0. The second-order valence-electron chi connectivity index (χ2n) is 4.89. The predicted octanol–water partition coefficient (Wildman–Crippen LogP) is 2.98. The van der Waals surface area contributed by atoms with Crippen molar-refractivity contribution in [3.63, 3.8) is 0 Å². The van der Waals surface area contributed by atoms with Crippen molar-refractivity contribution in [3.8, 4) is 6.07 Å². The van der Waals surface area contributed by atoms with E-state index in [-0.39, 0.29) is 11.5 Å². The summed E-state index contributed by atoms with van der Waals surface area (Å²) in [6.07, 6.45) is 0.459. The number of aromatic amines is 1. The highest BCUT2D eigenvalue weighted by Gasteiger charge is 2.18. The zero-order chi connectivity index (χ0) is 17.7. The van der Waals surface area contributed by atoms with Gasteiger partial charge in [0.2, 0.25) is 5.91 Å². The van der Waals surface area contributed by atoms with E-state index in [9.17, 15) is 9.59 Å². The number of thioether (sulfide) groups is 1. The third-order valence-electron chi connectivity index (χ3n) is 3.21. The smallest absolute Gasteiger partial charge is 0.269 e. The maximum Gasteiger partial charge on any atom is 0.269 e. The first-order valence-electron chi connectivity index (χ1n) is 7.21. The number of hydrogen-bond acceptors (Lipinski definition) is 5. The summed E-state index contributed by atoms with van der Waals surface area (Å²) in [5, 5.41) is 12.0. The van der Waals surface area contributed by atoms with E-state index >= 15 is 0 Å². The van der Waals surface area contributed by atoms with Crippen LogP contribution in [0, 0.1) is 11.3 Å². The maximum absolute atomic E-state index is 12.3. The average Bonchev–Trinajstić information content (AvgIpc) is 2.56. The number of H-pyrrole nitrogens is 1. The number of aryl methyl sites for hydroxylation is 1. The van der Waals surface area contributed by atoms with Gasteiger partial charge in [-0.15, -0.1) is 0 Å². The van der Waals surface area contributed by atoms with E-state index in [0.717, 1.165) is 11.8 Å². The Labute approximate surface area is 148 Å². The molecular formula is C16H15ClN4O2S. The van der Waals surface area contributed by atoms with Crippen molar-refractivity contribution in [2.45, 2.75) is 30.7 Å². The summed E-state index contributed by atoms with van der Waals surface area (Å²) >= 11 is 7.12. The Morgan fingerprint density at radius 2 is 2.21 bits per heavy atom. The number of nitrogens with zero attached hydrogens (tertiary/aromatic N) is 2. The van der Waals surface area contributed by atoms with Gasteiger partial charge in [0.15, 0.2) is 5.16 Å². The van der Waals surface area contributed by atoms with Gasteiger partial charge >= 0.3 is 0 Å². The molecular weight excluding hydrogens is 348 g/mol. The van der Waals surface area contributed by atoms with Crippen LogP contribution in [-0.4, -0.2) is 21.1 Å². The molecule has 0 saturated heterocycles. The largest absolute Gasteiger partial charge is 0.324 e. The average molecular weight is 363 g/mol. The Balaban J connectivity index is 2.15. The number of nitriles is 1. The minimum atomic E-state index is -0.512. The molecule has 24 heavy (non-hydrogen) atoms. The molecule has 0 radical (unpaired) electrons. The number of amides is 1. The molecule has 1 amide bonds. The standard InChI is InChI=1S/C16H15ClN4O2S/c1-3-12-10(8-18)15(23)21-16(20-12)24-9(2)14(22)19-13-7-5-4-6-11(13)17/h4-7,9H,3H2,1-2H3,(H,19,22)(H,20,21,23). The Hall–Kier alpha value is -2.30. The molecule has 124 valence electrons. The van der Waals surface area contributed by atoms with Gasteiger partial charge in [-0.2, -0.15) is 5.26 Å². The number of aromatic nitrogens is 2. The third kappa shape index (κ3) is 4.16. The van der Waals surface area contributed by atoms with Crippen LogP contribution in [0.4, 0.5) is 5.69 Å². The number of para-hydroxylation sites is 1. The molecule has 1 atom stereocenters. The number of hydrogen-bond donors (Lipinski definition) is 2. The summed E-state index contributed by atoms with van der Waals surface area (Å²) < 4.78 is 0. The van der Waals surface area contributed by atoms with Gasteiger partial charge in [-0.3, -0.25) is 9.59 Å². The summed E-state index contributed by atoms with van der Waals surface area (Å²) in [6.45, 7) is 3.51. The summed E-state index contributed by atoms with van der Waals surface area (Å²) in [6, 6.07) is 8.78. The van der Waals surface area contributed by atoms with Crippen LogP contribution in [-0.2, 0) is 11.2 Å². The van der Waals surface area contributed by atoms with Crippen LogP contribution in [0.5, 0.6) is 0 Å². The molecule has 1 unspecified atom stereocenters. The summed E-state index contributed by atoms with van der Waals surface area (Å²) in [5.41, 5.74) is 0.454. The van der Waals surface area contributed by atoms with Crippen LogP contribution in [0.25, 0.3) is 0 Å². The van der Waals surface area contributed by atoms with Gasteiger partial charge in [0.1, 0.15) is 11.6 Å². The molecule has 8 heteroatoms. The van der Waals surface area contributed by atoms with Crippen LogP contribution in [0.1, 0.15) is 25.1 Å². The van der Waals surface area contributed by atoms with Crippen LogP contribution >= 0.6 is 23.4 Å². The number of carbonyl (C=O) groups is 1. The van der Waals surface area contributed by atoms with E-state index in [1.54, 1.807) is 31.2 Å². The molecule has 2 aromatic rings. The molecule has 1 aromatic heterocycles. The van der Waals surface area contributed by atoms with Crippen LogP contribution in [0.2, 0.25) is 5.02 Å². The number of carbonyl (C=O) groups excluding carboxylic acids is 1. The Kier molecular flexibility index (Phi) is 6.01. The quantitative estimate of drug-likeness (QED) is 0.629. The van der Waals surface area contributed by atoms with E-state index in [4.69, 9.17) is 16.9 Å². The minimum absolute atomic E-state index is 0.00928. The monoisotopic (exact) mass is 362 g/mol. The van der Waals surface area contributed by atoms with Crippen molar-refractivity contribution < 1.29 is 4.79 Å². The van der Waals surface area contributed by atoms with Gasteiger partial charge in [0, 0.05) is 0 Å². The predicted molar refractivity (Wildman–Crippen MR) is 94.4 cm³/mol. The summed E-state index contributed by atoms with van der Waals surface area (Å²) in [4.78, 5) is 30.9. The lowest BCUT2D eigenvalue weighted by Gasteiger charge is -2.12. The molecule has 0 bridgehead atoms. The van der Waals surface area contributed by atoms with Gasteiger partial charge in [-0.1, -0.05) is 42.4 Å². The van der Waals surface area contributed by atoms with Crippen molar-refractivity contribution in [2.24, 2.45) is 0 Å². The highest BCUT2D eigenvalue weighted by Crippen LogP contribution is 2.24. The number of rotatable bonds is 5. The van der Waals surface area contributed by atoms with Gasteiger partial charge in [0.25, 0.3) is 5.56 Å². The van der Waals surface area contributed by atoms with Crippen LogP contribution in [0.15, 0.2) is 34.2 Å². The normalized spacial score (nSPS) is 11.6. The molecule has 0 fully saturated rings. The zero-order valence-corrected chi connectivity index (χ0v) is 14.7. The number of benzene rings is 1. The fourth-order valence-corrected chi connectivity index (χ4v) is 2.94. The van der Waals surface area contributed by atoms with Crippen molar-refractivity contribution in [1.29, 1.82) is 5.26 Å². The first-order valence-corrected chi connectivity index (χ1v) is 8.47. The fourth-order valence-electron chi connectivity index (χ4n) is 1.94. The van der Waals surface area contributed by atoms with Gasteiger partial charge < -0.3 is 10.3 Å². The highest BCUT2D eigenvalue weighted by atomic mass is 35.5. The molecule has 2 N–H and O–H groups in total. The van der Waals surface area contributed by atoms with E-state index in [1.165, 1.54) is 0 Å². The van der Waals surface area contributed by atoms with Gasteiger partial charge in [0.05, 0.1) is 21.7 Å². The van der Waals surface area contributed by atoms with Crippen molar-refractivity contribution in [1.82, 2.24) is 9.97 Å². The Bertz CT molecular complexity index is 860. The molecule has 0 saturated carbocycles. The molecule has 1 aromatic carbocycles. The summed E-state index contributed by atoms with van der Waals surface area (Å²) in [5.74, 6) is -0.266. The second-order valence-corrected chi connectivity index (χ2v) is 6.62. The fraction of sp³-hybridized carbons (Fsp3) is 0.250. The first kappa shape index (κ1) is 18.0. The lowest BCUT2D eigenvalue weighted by Crippen LogP contribution is -2.24. The van der Waals surface area contributed by atoms with Gasteiger partial charge in [-0.05, 0) is 25.5 Å². The van der Waals surface area contributed by atoms with Crippen molar-refractivity contribution in [2.75, 3.05) is 5.32 Å². The number of anilines is 1. The molecule has 0 aliphatic rings. The third-order valence-corrected chi connectivity index (χ3v) is 4.52. The van der Waals surface area contributed by atoms with Crippen LogP contribution in [0.3, 0.4) is 0 Å². The lowest BCUT2D eigenvalue weighted by molar-refractivity contribution is -0.115. The molecule has 2 rings (SSSR count). The number of nitrogens with one attached hydrogen (secondary N) is 2. The van der Waals surface area contributed by atoms with Crippen molar-refractivity contribution >= 4 is 35.0 Å². The maximum atomic E-state index is 12.3. The lowest BCUT2D eigenvalue weighted by atomic mass is 10.2. The number of halogens is 1. The van der Waals surface area contributed by atoms with Crippen molar-refractivity contribution in [3.05, 3.63) is 50.9 Å². The zero-order valence-electron chi connectivity index (χ0n) is 13.1. The molecule has 1 heterocycles. The first-order chi connectivity index (χ1) is 11.5.